The molecule has 1 aromatic carbocycles. The van der Waals surface area contributed by atoms with Crippen molar-refractivity contribution in [2.45, 2.75) is 30.0 Å². The molecule has 3 aliphatic carbocycles. The van der Waals surface area contributed by atoms with Crippen LogP contribution in [0.15, 0.2) is 59.4 Å². The van der Waals surface area contributed by atoms with E-state index in [0.717, 1.165) is 0 Å². The number of phenolic OH excluding ortho intramolecular Hbond substituents is 1. The lowest BCUT2D eigenvalue weighted by atomic mass is 9.53. The van der Waals surface area contributed by atoms with E-state index in [1.807, 2.05) is 0 Å². The minimum absolute atomic E-state index is 0.0722. The number of benzene rings is 1. The van der Waals surface area contributed by atoms with Crippen molar-refractivity contribution in [3.05, 3.63) is 76.1 Å². The fourth-order valence-corrected chi connectivity index (χ4v) is 6.62. The van der Waals surface area contributed by atoms with Crippen LogP contribution in [0.2, 0.25) is 0 Å². The summed E-state index contributed by atoms with van der Waals surface area (Å²) in [7, 11) is 8.06. The third kappa shape index (κ3) is 5.04. The van der Waals surface area contributed by atoms with Gasteiger partial charge in [-0.3, -0.25) is 19.3 Å². The Kier molecular flexibility index (Phi) is 8.88. The predicted molar refractivity (Wildman–Crippen MR) is 168 cm³/mol. The number of carbonyl (C=O) groups excluding carboxylic acids is 3. The number of hydrogen-bond donors (Lipinski definition) is 6. The molecule has 3 aliphatic rings. The molecule has 1 fully saturated rings. The quantitative estimate of drug-likeness (QED) is 0.143. The lowest BCUT2D eigenvalue weighted by Crippen LogP contribution is -2.80. The van der Waals surface area contributed by atoms with Crippen molar-refractivity contribution in [2.75, 3.05) is 46.8 Å². The summed E-state index contributed by atoms with van der Waals surface area (Å²) in [5.41, 5.74) is 7.45. The van der Waals surface area contributed by atoms with Gasteiger partial charge in [-0.05, 0) is 50.6 Å². The van der Waals surface area contributed by atoms with Crippen molar-refractivity contribution in [1.29, 1.82) is 0 Å². The van der Waals surface area contributed by atoms with Crippen LogP contribution in [0.3, 0.4) is 0 Å². The third-order valence-corrected chi connectivity index (χ3v) is 8.61. The summed E-state index contributed by atoms with van der Waals surface area (Å²) in [4.78, 5) is 43.0. The number of anilines is 1. The highest BCUT2D eigenvalue weighted by Crippen LogP contribution is 2.54. The molecular formula is C33H38N4O8. The number of carbonyl (C=O) groups is 3. The summed E-state index contributed by atoms with van der Waals surface area (Å²) in [6.45, 7) is 4.17. The zero-order valence-electron chi connectivity index (χ0n) is 25.8. The number of fused-ring (bicyclic) bond motifs is 3. The fourth-order valence-electron chi connectivity index (χ4n) is 6.62. The van der Waals surface area contributed by atoms with Crippen molar-refractivity contribution in [3.63, 3.8) is 0 Å². The van der Waals surface area contributed by atoms with Gasteiger partial charge in [-0.15, -0.1) is 0 Å². The van der Waals surface area contributed by atoms with Crippen LogP contribution in [0.4, 0.5) is 5.69 Å². The number of likely N-dealkylation sites (N-methyl/N-ethyl adjacent to an activating group) is 1. The van der Waals surface area contributed by atoms with E-state index < -0.39 is 63.4 Å². The molecule has 4 rings (SSSR count). The Morgan fingerprint density at radius 3 is 2.44 bits per heavy atom. The topological polar surface area (TPSA) is 200 Å². The minimum Gasteiger partial charge on any atom is -0.508 e. The molecule has 0 bridgehead atoms. The Bertz CT molecular complexity index is 1690. The molecule has 12 nitrogen and oxygen atoms in total. The Balaban J connectivity index is 1.97. The van der Waals surface area contributed by atoms with Crippen LogP contribution < -0.4 is 16.4 Å². The van der Waals surface area contributed by atoms with Gasteiger partial charge in [0.2, 0.25) is 11.4 Å². The molecule has 238 valence electrons. The molecule has 0 aliphatic heterocycles. The van der Waals surface area contributed by atoms with Gasteiger partial charge >= 0.3 is 0 Å². The normalized spacial score (nSPS) is 26.4. The summed E-state index contributed by atoms with van der Waals surface area (Å²) >= 11 is 0. The molecule has 8 N–H and O–H groups in total. The zero-order chi connectivity index (χ0) is 33.6. The largest absolute Gasteiger partial charge is 0.508 e. The van der Waals surface area contributed by atoms with E-state index in [1.165, 1.54) is 25.1 Å². The highest BCUT2D eigenvalue weighted by molar-refractivity contribution is 6.25. The number of aliphatic hydroxyl groups is 3. The van der Waals surface area contributed by atoms with Crippen molar-refractivity contribution < 1.29 is 39.5 Å². The Morgan fingerprint density at radius 1 is 1.22 bits per heavy atom. The number of methoxy groups -OCH3 is 1. The number of nitrogens with two attached hydrogens (primary N) is 2. The number of rotatable bonds is 7. The Labute approximate surface area is 261 Å². The van der Waals surface area contributed by atoms with Gasteiger partial charge in [-0.1, -0.05) is 36.6 Å². The molecule has 1 saturated carbocycles. The molecule has 4 atom stereocenters. The number of ketones is 2. The predicted octanol–water partition coefficient (Wildman–Crippen LogP) is 0.778. The molecule has 0 heterocycles. The van der Waals surface area contributed by atoms with Gasteiger partial charge in [0.1, 0.15) is 17.1 Å². The summed E-state index contributed by atoms with van der Waals surface area (Å²) in [6.07, 6.45) is 6.59. The molecule has 1 aromatic rings. The van der Waals surface area contributed by atoms with E-state index >= 15 is 0 Å². The molecule has 0 aromatic heterocycles. The first-order valence-corrected chi connectivity index (χ1v) is 14.1. The fraction of sp³-hybridized carbons (Fsp3) is 0.364. The maximum absolute atomic E-state index is 14.2. The number of Topliss-reactive ketones (excluding diaryl/α,β-unsaturated/α-hetero) is 2. The summed E-state index contributed by atoms with van der Waals surface area (Å²) in [6, 6.07) is 0.228. The average Bonchev–Trinajstić information content (AvgIpc) is 2.95. The summed E-state index contributed by atoms with van der Waals surface area (Å²) < 4.78 is 4.98. The van der Waals surface area contributed by atoms with Gasteiger partial charge in [0.05, 0.1) is 29.3 Å². The summed E-state index contributed by atoms with van der Waals surface area (Å²) in [5, 5.41) is 46.2. The van der Waals surface area contributed by atoms with E-state index in [0.29, 0.717) is 23.4 Å². The smallest absolute Gasteiger partial charge is 0.255 e. The van der Waals surface area contributed by atoms with Gasteiger partial charge in [0, 0.05) is 38.0 Å². The van der Waals surface area contributed by atoms with Gasteiger partial charge in [-0.2, -0.15) is 0 Å². The molecule has 1 amide bonds. The van der Waals surface area contributed by atoms with Gasteiger partial charge in [0.15, 0.2) is 11.5 Å². The number of allylic oxidation sites excluding steroid dienone is 4. The Hall–Kier alpha value is -4.67. The van der Waals surface area contributed by atoms with Crippen molar-refractivity contribution in [3.8, 4) is 17.6 Å². The minimum atomic E-state index is -2.99. The lowest BCUT2D eigenvalue weighted by Gasteiger charge is -2.56. The van der Waals surface area contributed by atoms with Crippen molar-refractivity contribution >= 4 is 28.9 Å². The number of phenols is 1. The van der Waals surface area contributed by atoms with E-state index in [2.05, 4.69) is 18.4 Å². The number of aliphatic hydroxyl groups excluding tert-OH is 2. The van der Waals surface area contributed by atoms with E-state index in [-0.39, 0.29) is 29.5 Å². The number of nitrogens with zero attached hydrogens (tertiary/aromatic N) is 2. The van der Waals surface area contributed by atoms with Crippen LogP contribution in [0.25, 0.3) is 5.76 Å². The molecular weight excluding hydrogens is 580 g/mol. The number of primary amides is 1. The second-order valence-electron chi connectivity index (χ2n) is 11.8. The second kappa shape index (κ2) is 12.0. The standard InChI is InChI=1S/C33H38N4O8/c1-7-17(10-8-9-13-45-6)11-12-18-15-21(36(2)3)20-14-19-16-32(35)28(37(4)5)27(40)24(31(34)43)30(42)33(32,44)29(41)22(19)26(39)23(20)25(18)38/h7-10,15,19,28,38-39,42,44H,1,13-14,16,35H2,2-6H3,(H2,34,43)/b9-8-,17-10+/t19-,28+,32+,33-/m0/s1. The maximum Gasteiger partial charge on any atom is 0.255 e. The highest BCUT2D eigenvalue weighted by atomic mass is 16.5. The summed E-state index contributed by atoms with van der Waals surface area (Å²) in [5.74, 6) is -0.809. The first kappa shape index (κ1) is 33.2. The van der Waals surface area contributed by atoms with E-state index in [4.69, 9.17) is 16.2 Å². The van der Waals surface area contributed by atoms with Gasteiger partial charge in [0.25, 0.3) is 5.91 Å². The van der Waals surface area contributed by atoms with Gasteiger partial charge in [-0.25, -0.2) is 0 Å². The van der Waals surface area contributed by atoms with Crippen LogP contribution in [0.1, 0.15) is 23.1 Å². The second-order valence-corrected chi connectivity index (χ2v) is 11.8. The van der Waals surface area contributed by atoms with E-state index in [1.54, 1.807) is 50.4 Å². The average molecular weight is 619 g/mol. The van der Waals surface area contributed by atoms with Crippen LogP contribution in [-0.4, -0.2) is 102 Å². The van der Waals surface area contributed by atoms with Crippen LogP contribution in [0, 0.1) is 17.8 Å². The third-order valence-electron chi connectivity index (χ3n) is 8.61. The molecule has 0 saturated heterocycles. The van der Waals surface area contributed by atoms with Crippen molar-refractivity contribution in [1.82, 2.24) is 4.90 Å². The molecule has 0 unspecified atom stereocenters. The molecule has 45 heavy (non-hydrogen) atoms. The molecule has 0 spiro atoms. The first-order valence-electron chi connectivity index (χ1n) is 14.1. The van der Waals surface area contributed by atoms with Crippen molar-refractivity contribution in [2.24, 2.45) is 17.4 Å². The number of ether oxygens (including phenoxy) is 1. The number of hydrogen-bond acceptors (Lipinski definition) is 11. The van der Waals surface area contributed by atoms with Crippen LogP contribution in [-0.2, 0) is 25.5 Å². The number of amides is 1. The maximum atomic E-state index is 14.2. The van der Waals surface area contributed by atoms with Crippen LogP contribution in [0.5, 0.6) is 5.75 Å². The highest BCUT2D eigenvalue weighted by Gasteiger charge is 2.71. The Morgan fingerprint density at radius 2 is 1.89 bits per heavy atom. The van der Waals surface area contributed by atoms with E-state index in [9.17, 15) is 34.8 Å². The number of aromatic hydroxyl groups is 1. The van der Waals surface area contributed by atoms with Gasteiger partial charge < -0.3 is 41.5 Å². The first-order chi connectivity index (χ1) is 21.1. The molecule has 0 radical (unpaired) electrons. The SMILES string of the molecule is C=C/C(C#Cc1cc(N(C)C)c2c(c1O)C(O)=C1C(=O)[C@]3(O)C(O)=C(C(N)=O)C(=O)[C@@H](N(C)C)[C@]3(N)C[C@@H]1C2)=C\C=C/COC. The van der Waals surface area contributed by atoms with Crippen LogP contribution >= 0.6 is 0 Å². The molecule has 12 heteroatoms. The monoisotopic (exact) mass is 618 g/mol. The lowest BCUT2D eigenvalue weighted by molar-refractivity contribution is -0.157. The zero-order valence-corrected chi connectivity index (χ0v) is 25.8.